The maximum absolute atomic E-state index is 12.2. The Labute approximate surface area is 177 Å². The van der Waals surface area contributed by atoms with Gasteiger partial charge in [0, 0.05) is 13.2 Å². The normalized spacial score (nSPS) is 22.1. The Balaban J connectivity index is 1.55. The van der Waals surface area contributed by atoms with E-state index in [0.717, 1.165) is 12.2 Å². The minimum atomic E-state index is -1.09. The molecule has 2 aliphatic carbocycles. The maximum Gasteiger partial charge on any atom is 0.337 e. The number of allylic oxidation sites excluding steroid dienone is 3. The van der Waals surface area contributed by atoms with E-state index in [0.29, 0.717) is 5.92 Å². The number of hydrogen-bond donors (Lipinski definition) is 2. The molecule has 0 saturated heterocycles. The first kappa shape index (κ1) is 22.0. The lowest BCUT2D eigenvalue weighted by Crippen LogP contribution is -2.31. The molecule has 1 aromatic rings. The van der Waals surface area contributed by atoms with Crippen LogP contribution in [0.2, 0.25) is 0 Å². The second-order valence-electron chi connectivity index (χ2n) is 7.70. The van der Waals surface area contributed by atoms with Crippen molar-refractivity contribution in [3.05, 3.63) is 65.8 Å². The largest absolute Gasteiger partial charge is 0.478 e. The molecule has 160 valence electrons. The third-order valence-corrected chi connectivity index (χ3v) is 5.52. The summed E-state index contributed by atoms with van der Waals surface area (Å²) in [5, 5.41) is 11.8. The zero-order valence-corrected chi connectivity index (χ0v) is 17.3. The van der Waals surface area contributed by atoms with E-state index in [4.69, 9.17) is 9.47 Å². The van der Waals surface area contributed by atoms with Crippen LogP contribution in [0.5, 0.6) is 0 Å². The predicted octanol–water partition coefficient (Wildman–Crippen LogP) is 4.36. The Morgan fingerprint density at radius 2 is 1.93 bits per heavy atom. The summed E-state index contributed by atoms with van der Waals surface area (Å²) in [7, 11) is 1.65. The second-order valence-corrected chi connectivity index (χ2v) is 7.70. The summed E-state index contributed by atoms with van der Waals surface area (Å²) < 4.78 is 11.7. The molecule has 1 fully saturated rings. The predicted molar refractivity (Wildman–Crippen MR) is 116 cm³/mol. The lowest BCUT2D eigenvalue weighted by molar-refractivity contribution is -0.111. The molecule has 0 aliphatic heterocycles. The minimum absolute atomic E-state index is 0.0495. The van der Waals surface area contributed by atoms with Gasteiger partial charge in [-0.05, 0) is 48.6 Å². The molecular weight excluding hydrogens is 382 g/mol. The number of carbonyl (C=O) groups excluding carboxylic acids is 1. The van der Waals surface area contributed by atoms with Crippen molar-refractivity contribution in [2.24, 2.45) is 5.92 Å². The molecule has 1 saturated carbocycles. The Bertz CT molecular complexity index is 836. The summed E-state index contributed by atoms with van der Waals surface area (Å²) in [6, 6.07) is 6.30. The van der Waals surface area contributed by atoms with Crippen LogP contribution in [0.25, 0.3) is 0 Å². The summed E-state index contributed by atoms with van der Waals surface area (Å²) in [5.74, 6) is -0.857. The number of anilines is 1. The molecule has 30 heavy (non-hydrogen) atoms. The van der Waals surface area contributed by atoms with Gasteiger partial charge < -0.3 is 19.9 Å². The minimum Gasteiger partial charge on any atom is -0.478 e. The fraction of sp³-hybridized carbons (Fsp3) is 0.417. The monoisotopic (exact) mass is 411 g/mol. The van der Waals surface area contributed by atoms with E-state index in [1.54, 1.807) is 31.4 Å². The van der Waals surface area contributed by atoms with E-state index in [2.05, 4.69) is 5.32 Å². The lowest BCUT2D eigenvalue weighted by atomic mass is 9.90. The van der Waals surface area contributed by atoms with Crippen molar-refractivity contribution in [1.82, 2.24) is 0 Å². The third-order valence-electron chi connectivity index (χ3n) is 5.52. The van der Waals surface area contributed by atoms with Gasteiger partial charge in [0.2, 0.25) is 5.91 Å². The molecule has 0 radical (unpaired) electrons. The van der Waals surface area contributed by atoms with Crippen LogP contribution in [0.4, 0.5) is 5.69 Å². The van der Waals surface area contributed by atoms with E-state index < -0.39 is 11.9 Å². The number of carboxylic acid groups (broad SMARTS) is 1. The van der Waals surface area contributed by atoms with Gasteiger partial charge >= 0.3 is 5.97 Å². The molecule has 6 heteroatoms. The molecule has 1 amide bonds. The molecular formula is C24H29NO5. The molecule has 0 heterocycles. The number of aromatic carboxylic acids is 1. The van der Waals surface area contributed by atoms with Crippen molar-refractivity contribution in [2.45, 2.75) is 44.3 Å². The summed E-state index contributed by atoms with van der Waals surface area (Å²) in [6.45, 7) is 0.749. The molecule has 6 nitrogen and oxygen atoms in total. The fourth-order valence-corrected chi connectivity index (χ4v) is 3.85. The first-order chi connectivity index (χ1) is 14.6. The molecule has 0 bridgehead atoms. The second kappa shape index (κ2) is 10.9. The molecule has 0 spiro atoms. The van der Waals surface area contributed by atoms with Gasteiger partial charge in [-0.2, -0.15) is 0 Å². The van der Waals surface area contributed by atoms with E-state index >= 15 is 0 Å². The van der Waals surface area contributed by atoms with Crippen molar-refractivity contribution in [1.29, 1.82) is 0 Å². The van der Waals surface area contributed by atoms with Crippen LogP contribution in [0.15, 0.2) is 60.2 Å². The maximum atomic E-state index is 12.2. The van der Waals surface area contributed by atoms with Crippen LogP contribution >= 0.6 is 0 Å². The van der Waals surface area contributed by atoms with Gasteiger partial charge in [0.25, 0.3) is 0 Å². The van der Waals surface area contributed by atoms with Crippen molar-refractivity contribution in [3.8, 4) is 0 Å². The highest BCUT2D eigenvalue weighted by atomic mass is 16.5. The average molecular weight is 411 g/mol. The number of ether oxygens (including phenoxy) is 2. The van der Waals surface area contributed by atoms with Gasteiger partial charge in [-0.25, -0.2) is 4.79 Å². The number of nitrogens with one attached hydrogen (secondary N) is 1. The summed E-state index contributed by atoms with van der Waals surface area (Å²) in [5.41, 5.74) is 1.15. The summed E-state index contributed by atoms with van der Waals surface area (Å²) in [6.07, 6.45) is 14.9. The van der Waals surface area contributed by atoms with Crippen LogP contribution in [-0.4, -0.2) is 42.9 Å². The number of carbonyl (C=O) groups is 2. The fourth-order valence-electron chi connectivity index (χ4n) is 3.85. The van der Waals surface area contributed by atoms with Crippen LogP contribution in [0, 0.1) is 5.92 Å². The summed E-state index contributed by atoms with van der Waals surface area (Å²) in [4.78, 5) is 23.5. The van der Waals surface area contributed by atoms with Crippen molar-refractivity contribution in [3.63, 3.8) is 0 Å². The van der Waals surface area contributed by atoms with Crippen LogP contribution in [-0.2, 0) is 14.3 Å². The Hall–Kier alpha value is -2.70. The van der Waals surface area contributed by atoms with Gasteiger partial charge in [0.05, 0.1) is 17.9 Å². The number of para-hydroxylation sites is 1. The SMILES string of the molecule is COC1C=C(/C=C/C(=O)Nc2ccccc2C(=O)O)C=CC1OCC1CCCCC1. The van der Waals surface area contributed by atoms with Gasteiger partial charge in [-0.15, -0.1) is 0 Å². The number of carboxylic acids is 1. The lowest BCUT2D eigenvalue weighted by Gasteiger charge is -2.28. The number of hydrogen-bond acceptors (Lipinski definition) is 4. The van der Waals surface area contributed by atoms with Crippen LogP contribution in [0.1, 0.15) is 42.5 Å². The highest BCUT2D eigenvalue weighted by Crippen LogP contribution is 2.26. The number of rotatable bonds is 8. The van der Waals surface area contributed by atoms with Gasteiger partial charge in [-0.3, -0.25) is 4.79 Å². The Kier molecular flexibility index (Phi) is 7.99. The zero-order chi connectivity index (χ0) is 21.3. The number of amides is 1. The molecule has 2 atom stereocenters. The topological polar surface area (TPSA) is 84.9 Å². The first-order valence-corrected chi connectivity index (χ1v) is 10.4. The standard InChI is InChI=1S/C24H29NO5/c1-29-22-15-17(11-13-21(22)30-16-18-7-3-2-4-8-18)12-14-23(26)25-20-10-6-5-9-19(20)24(27)28/h5-6,9-15,18,21-22H,2-4,7-8,16H2,1H3,(H,25,26)(H,27,28)/b14-12+. The quantitative estimate of drug-likeness (QED) is 0.621. The molecule has 2 unspecified atom stereocenters. The van der Waals surface area contributed by atoms with E-state index in [1.807, 2.05) is 18.2 Å². The molecule has 2 aliphatic rings. The van der Waals surface area contributed by atoms with Gasteiger partial charge in [0.15, 0.2) is 0 Å². The van der Waals surface area contributed by atoms with Crippen molar-refractivity contribution < 1.29 is 24.2 Å². The van der Waals surface area contributed by atoms with E-state index in [-0.39, 0.29) is 23.5 Å². The van der Waals surface area contributed by atoms with E-state index in [9.17, 15) is 14.7 Å². The first-order valence-electron chi connectivity index (χ1n) is 10.4. The molecule has 0 aromatic heterocycles. The smallest absolute Gasteiger partial charge is 0.337 e. The molecule has 2 N–H and O–H groups in total. The Morgan fingerprint density at radius 1 is 1.17 bits per heavy atom. The number of methoxy groups -OCH3 is 1. The highest BCUT2D eigenvalue weighted by Gasteiger charge is 2.23. The Morgan fingerprint density at radius 3 is 2.67 bits per heavy atom. The van der Waals surface area contributed by atoms with Gasteiger partial charge in [0.1, 0.15) is 12.2 Å². The molecule has 1 aromatic carbocycles. The van der Waals surface area contributed by atoms with Gasteiger partial charge in [-0.1, -0.05) is 43.5 Å². The third kappa shape index (κ3) is 6.15. The van der Waals surface area contributed by atoms with Crippen LogP contribution in [0.3, 0.4) is 0 Å². The highest BCUT2D eigenvalue weighted by molar-refractivity contribution is 6.04. The average Bonchev–Trinajstić information content (AvgIpc) is 2.77. The summed E-state index contributed by atoms with van der Waals surface area (Å²) >= 11 is 0. The number of benzene rings is 1. The van der Waals surface area contributed by atoms with E-state index in [1.165, 1.54) is 44.2 Å². The van der Waals surface area contributed by atoms with Crippen LogP contribution < -0.4 is 5.32 Å². The van der Waals surface area contributed by atoms with Crippen molar-refractivity contribution in [2.75, 3.05) is 19.0 Å². The molecule has 3 rings (SSSR count). The zero-order valence-electron chi connectivity index (χ0n) is 17.3. The van der Waals surface area contributed by atoms with Crippen molar-refractivity contribution >= 4 is 17.6 Å².